The van der Waals surface area contributed by atoms with Crippen molar-refractivity contribution in [3.8, 4) is 16.5 Å². The Hall–Kier alpha value is -2.75. The third-order valence-corrected chi connectivity index (χ3v) is 6.29. The molecule has 0 radical (unpaired) electrons. The number of thiophene rings is 1. The molecule has 138 valence electrons. The predicted octanol–water partition coefficient (Wildman–Crippen LogP) is 3.44. The van der Waals surface area contributed by atoms with Crippen molar-refractivity contribution >= 4 is 32.1 Å². The van der Waals surface area contributed by atoms with E-state index in [-0.39, 0.29) is 17.3 Å². The van der Waals surface area contributed by atoms with Crippen LogP contribution in [0, 0.1) is 0 Å². The van der Waals surface area contributed by atoms with Gasteiger partial charge in [0.25, 0.3) is 5.89 Å². The van der Waals surface area contributed by atoms with Crippen LogP contribution in [0.15, 0.2) is 63.3 Å². The van der Waals surface area contributed by atoms with Gasteiger partial charge in [0.05, 0.1) is 23.4 Å². The molecule has 0 saturated heterocycles. The minimum atomic E-state index is -3.78. The van der Waals surface area contributed by atoms with Gasteiger partial charge in [0.2, 0.25) is 10.0 Å². The molecule has 1 N–H and O–H groups in total. The molecule has 0 fully saturated rings. The highest BCUT2D eigenvalue weighted by Crippen LogP contribution is 2.30. The lowest BCUT2D eigenvalue weighted by atomic mass is 10.1. The molecule has 9 heteroatoms. The Morgan fingerprint density at radius 3 is 2.67 bits per heavy atom. The summed E-state index contributed by atoms with van der Waals surface area (Å²) in [4.78, 5) is 5.22. The lowest BCUT2D eigenvalue weighted by Gasteiger charge is -2.11. The minimum Gasteiger partial charge on any atom is -0.496 e. The summed E-state index contributed by atoms with van der Waals surface area (Å²) in [7, 11) is -2.23. The predicted molar refractivity (Wildman–Crippen MR) is 102 cm³/mol. The molecule has 27 heavy (non-hydrogen) atoms. The van der Waals surface area contributed by atoms with Crippen LogP contribution in [0.3, 0.4) is 0 Å². The molecule has 0 saturated carbocycles. The summed E-state index contributed by atoms with van der Waals surface area (Å²) < 4.78 is 38.7. The van der Waals surface area contributed by atoms with Crippen LogP contribution in [-0.2, 0) is 16.6 Å². The topological polar surface area (TPSA) is 94.3 Å². The van der Waals surface area contributed by atoms with Crippen LogP contribution < -0.4 is 9.46 Å². The van der Waals surface area contributed by atoms with Crippen LogP contribution in [-0.4, -0.2) is 25.7 Å². The average molecular weight is 401 g/mol. The Kier molecular flexibility index (Phi) is 4.65. The normalized spacial score (nSPS) is 11.7. The van der Waals surface area contributed by atoms with Crippen molar-refractivity contribution in [2.75, 3.05) is 7.11 Å². The molecule has 2 heterocycles. The molecule has 2 aromatic carbocycles. The third kappa shape index (κ3) is 3.44. The van der Waals surface area contributed by atoms with E-state index in [0.717, 1.165) is 10.3 Å². The maximum atomic E-state index is 12.8. The second-order valence-corrected chi connectivity index (χ2v) is 8.31. The van der Waals surface area contributed by atoms with Crippen LogP contribution in [0.5, 0.6) is 5.75 Å². The smallest absolute Gasteiger partial charge is 0.268 e. The van der Waals surface area contributed by atoms with Crippen LogP contribution in [0.1, 0.15) is 5.82 Å². The average Bonchev–Trinajstić information content (AvgIpc) is 3.37. The van der Waals surface area contributed by atoms with E-state index in [1.165, 1.54) is 17.4 Å². The highest BCUT2D eigenvalue weighted by atomic mass is 32.2. The SMILES string of the molecule is COc1ccc(S(=O)(=O)NCc2noc(-c3cccs3)n2)c2ccccc12. The van der Waals surface area contributed by atoms with Crippen LogP contribution >= 0.6 is 11.3 Å². The first-order valence-corrected chi connectivity index (χ1v) is 10.4. The maximum absolute atomic E-state index is 12.8. The number of sulfonamides is 1. The van der Waals surface area contributed by atoms with Gasteiger partial charge in [-0.3, -0.25) is 0 Å². The number of fused-ring (bicyclic) bond motifs is 1. The zero-order valence-corrected chi connectivity index (χ0v) is 15.9. The molecule has 0 atom stereocenters. The molecule has 0 bridgehead atoms. The van der Waals surface area contributed by atoms with Gasteiger partial charge in [-0.2, -0.15) is 4.98 Å². The lowest BCUT2D eigenvalue weighted by Crippen LogP contribution is -2.24. The molecule has 0 aliphatic carbocycles. The van der Waals surface area contributed by atoms with E-state index in [9.17, 15) is 8.42 Å². The van der Waals surface area contributed by atoms with Gasteiger partial charge in [-0.05, 0) is 23.6 Å². The number of nitrogens with one attached hydrogen (secondary N) is 1. The Morgan fingerprint density at radius 2 is 1.93 bits per heavy atom. The summed E-state index contributed by atoms with van der Waals surface area (Å²) in [5.74, 6) is 1.25. The van der Waals surface area contributed by atoms with Gasteiger partial charge in [0.15, 0.2) is 5.82 Å². The fourth-order valence-electron chi connectivity index (χ4n) is 2.72. The largest absolute Gasteiger partial charge is 0.496 e. The first-order valence-electron chi connectivity index (χ1n) is 8.00. The molecular weight excluding hydrogens is 386 g/mol. The van der Waals surface area contributed by atoms with Gasteiger partial charge < -0.3 is 9.26 Å². The second-order valence-electron chi connectivity index (χ2n) is 5.63. The first-order chi connectivity index (χ1) is 13.1. The minimum absolute atomic E-state index is 0.0719. The van der Waals surface area contributed by atoms with Crippen molar-refractivity contribution in [1.82, 2.24) is 14.9 Å². The van der Waals surface area contributed by atoms with E-state index in [0.29, 0.717) is 17.0 Å². The van der Waals surface area contributed by atoms with E-state index < -0.39 is 10.0 Å². The molecule has 7 nitrogen and oxygen atoms in total. The van der Waals surface area contributed by atoms with Crippen molar-refractivity contribution in [2.45, 2.75) is 11.4 Å². The molecule has 0 unspecified atom stereocenters. The Balaban J connectivity index is 1.60. The highest BCUT2D eigenvalue weighted by Gasteiger charge is 2.20. The zero-order valence-electron chi connectivity index (χ0n) is 14.2. The Morgan fingerprint density at radius 1 is 1.11 bits per heavy atom. The molecule has 4 rings (SSSR count). The van der Waals surface area contributed by atoms with Crippen LogP contribution in [0.2, 0.25) is 0 Å². The van der Waals surface area contributed by atoms with Crippen molar-refractivity contribution in [3.63, 3.8) is 0 Å². The molecular formula is C18H15N3O4S2. The lowest BCUT2D eigenvalue weighted by molar-refractivity contribution is 0.419. The molecule has 2 aromatic heterocycles. The van der Waals surface area contributed by atoms with E-state index in [4.69, 9.17) is 9.26 Å². The fourth-order valence-corrected chi connectivity index (χ4v) is 4.55. The highest BCUT2D eigenvalue weighted by molar-refractivity contribution is 7.89. The van der Waals surface area contributed by atoms with Crippen molar-refractivity contribution < 1.29 is 17.7 Å². The van der Waals surface area contributed by atoms with E-state index in [1.54, 1.807) is 25.3 Å². The number of hydrogen-bond donors (Lipinski definition) is 1. The summed E-state index contributed by atoms with van der Waals surface area (Å²) in [5, 5.41) is 7.04. The summed E-state index contributed by atoms with van der Waals surface area (Å²) in [6.45, 7) is -0.0719. The molecule has 0 aliphatic heterocycles. The Bertz CT molecular complexity index is 1180. The number of nitrogens with zero attached hydrogens (tertiary/aromatic N) is 2. The van der Waals surface area contributed by atoms with Gasteiger partial charge >= 0.3 is 0 Å². The standard InChI is InChI=1S/C18H15N3O4S2/c1-24-14-8-9-16(13-6-3-2-5-12(13)14)27(22,23)19-11-17-20-18(25-21-17)15-7-4-10-26-15/h2-10,19H,11H2,1H3. The van der Waals surface area contributed by atoms with Gasteiger partial charge in [0.1, 0.15) is 5.75 Å². The van der Waals surface area contributed by atoms with E-state index >= 15 is 0 Å². The van der Waals surface area contributed by atoms with Gasteiger partial charge in [-0.15, -0.1) is 11.3 Å². The number of aromatic nitrogens is 2. The van der Waals surface area contributed by atoms with Gasteiger partial charge in [0, 0.05) is 10.8 Å². The van der Waals surface area contributed by atoms with Crippen molar-refractivity contribution in [1.29, 1.82) is 0 Å². The molecule has 0 aliphatic rings. The number of hydrogen-bond acceptors (Lipinski definition) is 7. The molecule has 0 spiro atoms. The summed E-state index contributed by atoms with van der Waals surface area (Å²) in [5.41, 5.74) is 0. The summed E-state index contributed by atoms with van der Waals surface area (Å²) in [6.07, 6.45) is 0. The quantitative estimate of drug-likeness (QED) is 0.532. The number of rotatable bonds is 6. The second kappa shape index (κ2) is 7.10. The van der Waals surface area contributed by atoms with Gasteiger partial charge in [-0.25, -0.2) is 13.1 Å². The number of methoxy groups -OCH3 is 1. The van der Waals surface area contributed by atoms with E-state index in [1.807, 2.05) is 29.6 Å². The first kappa shape index (κ1) is 17.7. The van der Waals surface area contributed by atoms with Crippen LogP contribution in [0.4, 0.5) is 0 Å². The molecule has 0 amide bonds. The number of ether oxygens (including phenoxy) is 1. The number of benzene rings is 2. The summed E-state index contributed by atoms with van der Waals surface area (Å²) >= 11 is 1.47. The molecule has 4 aromatic rings. The maximum Gasteiger partial charge on any atom is 0.268 e. The van der Waals surface area contributed by atoms with Crippen LogP contribution in [0.25, 0.3) is 21.5 Å². The summed E-state index contributed by atoms with van der Waals surface area (Å²) in [6, 6.07) is 14.1. The monoisotopic (exact) mass is 401 g/mol. The van der Waals surface area contributed by atoms with Gasteiger partial charge in [-0.1, -0.05) is 35.5 Å². The van der Waals surface area contributed by atoms with E-state index in [2.05, 4.69) is 14.9 Å². The van der Waals surface area contributed by atoms with Crippen molar-refractivity contribution in [3.05, 3.63) is 59.7 Å². The van der Waals surface area contributed by atoms with Crippen molar-refractivity contribution in [2.24, 2.45) is 0 Å². The third-order valence-electron chi connectivity index (χ3n) is 3.97. The zero-order chi connectivity index (χ0) is 18.9. The Labute approximate surface area is 159 Å². The fraction of sp³-hybridized carbons (Fsp3) is 0.111.